The van der Waals surface area contributed by atoms with Crippen LogP contribution in [-0.4, -0.2) is 149 Å². The van der Waals surface area contributed by atoms with E-state index in [1.807, 2.05) is 55.4 Å². The molecule has 0 radical (unpaired) electrons. The van der Waals surface area contributed by atoms with Crippen LogP contribution in [-0.2, 0) is 114 Å². The van der Waals surface area contributed by atoms with Crippen LogP contribution < -0.4 is 0 Å². The van der Waals surface area contributed by atoms with Crippen LogP contribution in [0.15, 0.2) is 74.4 Å². The second-order valence-corrected chi connectivity index (χ2v) is 21.5. The smallest absolute Gasteiger partial charge is 0.333 e. The molecular weight excluding hydrogens is 1160 g/mol. The highest BCUT2D eigenvalue weighted by Crippen LogP contribution is 2.07. The van der Waals surface area contributed by atoms with E-state index in [1.165, 1.54) is 0 Å². The number of carbonyl (C=O) groups excluding carboxylic acids is 12. The number of ether oxygens (including phenoxy) is 12. The van der Waals surface area contributed by atoms with Crippen molar-refractivity contribution in [3.05, 3.63) is 74.4 Å². The molecule has 0 fully saturated rings. The van der Waals surface area contributed by atoms with Crippen molar-refractivity contribution in [1.82, 2.24) is 0 Å². The summed E-state index contributed by atoms with van der Waals surface area (Å²) in [5.74, 6) is -3.38. The van der Waals surface area contributed by atoms with Crippen LogP contribution in [0.5, 0.6) is 0 Å². The summed E-state index contributed by atoms with van der Waals surface area (Å²) in [4.78, 5) is 131. The van der Waals surface area contributed by atoms with E-state index in [2.05, 4.69) is 48.9 Å². The van der Waals surface area contributed by atoms with Gasteiger partial charge in [-0.15, -0.1) is 0 Å². The molecule has 0 saturated heterocycles. The number of carbonyl (C=O) groups is 12. The molecule has 0 aliphatic carbocycles. The minimum atomic E-state index is -0.512. The average Bonchev–Trinajstić information content (AvgIpc) is 3.41. The fourth-order valence-corrected chi connectivity index (χ4v) is 5.01. The quantitative estimate of drug-likeness (QED) is 0.0244. The molecule has 0 aromatic heterocycles. The van der Waals surface area contributed by atoms with E-state index in [-0.39, 0.29) is 137 Å². The Morgan fingerprint density at radius 1 is 0.315 bits per heavy atom. The van der Waals surface area contributed by atoms with Gasteiger partial charge < -0.3 is 56.8 Å². The van der Waals surface area contributed by atoms with E-state index in [0.717, 1.165) is 18.2 Å². The van der Waals surface area contributed by atoms with Gasteiger partial charge in [-0.2, -0.15) is 0 Å². The van der Waals surface area contributed by atoms with Crippen molar-refractivity contribution in [2.45, 2.75) is 193 Å². The molecule has 0 aliphatic heterocycles. The van der Waals surface area contributed by atoms with Crippen LogP contribution in [0.1, 0.15) is 169 Å². The highest BCUT2D eigenvalue weighted by molar-refractivity contribution is 5.88. The monoisotopic (exact) mass is 1270 g/mol. The summed E-state index contributed by atoms with van der Waals surface area (Å²) in [6.45, 7) is 51.7. The molecule has 510 valence electrons. The maximum atomic E-state index is 11.3. The van der Waals surface area contributed by atoms with E-state index >= 15 is 0 Å². The molecule has 0 amide bonds. The van der Waals surface area contributed by atoms with Crippen LogP contribution in [0.3, 0.4) is 0 Å². The SMILES string of the molecule is C=C(C)C(=O)OCC(C)OC(=O)CC(C)C.C=C(C)C(=O)OCCCC(=O)OC(C)C.C=C(C)C(=O)OCCOC(=O)CC(C)C.C=CC(=O)OCC(C)OC(=O)CC(C)C.C=CC(=O)OCCCC(=O)OC(C)C.C=CC(=O)OCCOC(=O)CC(C)C. The zero-order chi connectivity index (χ0) is 70.2. The maximum Gasteiger partial charge on any atom is 0.333 e. The normalized spacial score (nSPS) is 10.6. The Hall–Kier alpha value is -7.92. The van der Waals surface area contributed by atoms with Crippen LogP contribution >= 0.6 is 0 Å². The van der Waals surface area contributed by atoms with Crippen LogP contribution in [0.2, 0.25) is 0 Å². The Morgan fingerprint density at radius 2 is 0.573 bits per heavy atom. The van der Waals surface area contributed by atoms with Crippen molar-refractivity contribution < 1.29 is 114 Å². The average molecular weight is 1270 g/mol. The lowest BCUT2D eigenvalue weighted by Crippen LogP contribution is -2.23. The summed E-state index contributed by atoms with van der Waals surface area (Å²) < 4.78 is 57.9. The van der Waals surface area contributed by atoms with Crippen molar-refractivity contribution in [3.8, 4) is 0 Å². The predicted octanol–water partition coefficient (Wildman–Crippen LogP) is 10.1. The standard InChI is InChI=1S/C12H20O4.3C11H18O4.2C10H16O4/c1-8(2)6-11(13)16-10(5)7-15-12(14)9(3)4;1-8(2)7-10(12)14-5-6-15-11(13)9(3)4;1-8(2)11(13)14-7-5-6-10(12)15-9(3)4;1-5-10(12)14-7-9(4)15-11(13)6-8(2)3;1-4-9(11)13-5-6-14-10(12)7-8(2)3;1-4-9(11)13-7-5-6-10(12)14-8(2)3/h8,10H,3,6-7H2,1-2,4-5H3;8H,3,5-7H2,1-2,4H3;9H,1,5-7H2,2-4H3;5,8-9H,1,6-7H2,2-4H3;2*4,8H,1,5-7H2,2-3H3. The van der Waals surface area contributed by atoms with Crippen molar-refractivity contribution in [2.75, 3.05) is 52.9 Å². The molecule has 2 unspecified atom stereocenters. The summed E-state index contributed by atoms with van der Waals surface area (Å²) >= 11 is 0. The molecule has 0 bridgehead atoms. The van der Waals surface area contributed by atoms with Gasteiger partial charge in [0.25, 0.3) is 0 Å². The molecule has 0 aromatic carbocycles. The lowest BCUT2D eigenvalue weighted by atomic mass is 10.1. The summed E-state index contributed by atoms with van der Waals surface area (Å²) in [6, 6.07) is 0. The van der Waals surface area contributed by atoms with Gasteiger partial charge >= 0.3 is 71.6 Å². The Morgan fingerprint density at radius 3 is 0.888 bits per heavy atom. The Kier molecular flexibility index (Phi) is 61.2. The molecule has 0 aliphatic rings. The largest absolute Gasteiger partial charge is 0.463 e. The summed E-state index contributed by atoms with van der Waals surface area (Å²) in [6.07, 6.45) is 5.19. The van der Waals surface area contributed by atoms with E-state index < -0.39 is 48.0 Å². The highest BCUT2D eigenvalue weighted by Gasteiger charge is 2.16. The molecule has 0 rings (SSSR count). The summed E-state index contributed by atoms with van der Waals surface area (Å²) in [5.41, 5.74) is 1.03. The van der Waals surface area contributed by atoms with Crippen molar-refractivity contribution in [2.24, 2.45) is 23.7 Å². The van der Waals surface area contributed by atoms with Gasteiger partial charge in [0.05, 0.1) is 25.4 Å². The molecule has 0 heterocycles. The third kappa shape index (κ3) is 76.1. The second kappa shape index (κ2) is 59.1. The van der Waals surface area contributed by atoms with Gasteiger partial charge in [-0.05, 0) is 98.8 Å². The number of rotatable bonds is 36. The predicted molar refractivity (Wildman–Crippen MR) is 333 cm³/mol. The first-order valence-electron chi connectivity index (χ1n) is 29.2. The molecule has 0 N–H and O–H groups in total. The topological polar surface area (TPSA) is 316 Å². The molecule has 0 aromatic rings. The van der Waals surface area contributed by atoms with Crippen molar-refractivity contribution in [1.29, 1.82) is 0 Å². The molecular formula is C65H106O24. The molecule has 0 saturated carbocycles. The zero-order valence-electron chi connectivity index (χ0n) is 56.2. The van der Waals surface area contributed by atoms with E-state index in [4.69, 9.17) is 47.4 Å². The molecule has 24 heteroatoms. The van der Waals surface area contributed by atoms with Gasteiger partial charge in [-0.25, -0.2) is 28.8 Å². The number of hydrogen-bond acceptors (Lipinski definition) is 24. The molecule has 2 atom stereocenters. The fourth-order valence-electron chi connectivity index (χ4n) is 5.01. The molecule has 0 spiro atoms. The van der Waals surface area contributed by atoms with E-state index in [1.54, 1.807) is 62.3 Å². The van der Waals surface area contributed by atoms with Gasteiger partial charge in [0.1, 0.15) is 51.8 Å². The van der Waals surface area contributed by atoms with Crippen molar-refractivity contribution >= 4 is 71.6 Å². The van der Waals surface area contributed by atoms with Crippen LogP contribution in [0, 0.1) is 23.7 Å². The van der Waals surface area contributed by atoms with Gasteiger partial charge in [0.15, 0.2) is 0 Å². The first-order valence-corrected chi connectivity index (χ1v) is 29.2. The number of hydrogen-bond donors (Lipinski definition) is 0. The van der Waals surface area contributed by atoms with Gasteiger partial charge in [-0.1, -0.05) is 94.9 Å². The third-order valence-corrected chi connectivity index (χ3v) is 8.85. The Labute approximate surface area is 528 Å². The maximum absolute atomic E-state index is 11.3. The second-order valence-electron chi connectivity index (χ2n) is 21.5. The molecule has 24 nitrogen and oxygen atoms in total. The number of esters is 12. The first-order chi connectivity index (χ1) is 41.3. The minimum absolute atomic E-state index is 0.0642. The minimum Gasteiger partial charge on any atom is -0.463 e. The first kappa shape index (κ1) is 92.2. The van der Waals surface area contributed by atoms with E-state index in [9.17, 15) is 57.5 Å². The van der Waals surface area contributed by atoms with Crippen LogP contribution in [0.4, 0.5) is 0 Å². The van der Waals surface area contributed by atoms with Gasteiger partial charge in [-0.3, -0.25) is 28.8 Å². The highest BCUT2D eigenvalue weighted by atomic mass is 16.6. The van der Waals surface area contributed by atoms with Crippen molar-refractivity contribution in [3.63, 3.8) is 0 Å². The lowest BCUT2D eigenvalue weighted by Gasteiger charge is -2.14. The fraction of sp³-hybridized carbons (Fsp3) is 0.631. The Balaban J connectivity index is -0.000000232. The lowest BCUT2D eigenvalue weighted by molar-refractivity contribution is -0.156. The zero-order valence-corrected chi connectivity index (χ0v) is 56.2. The van der Waals surface area contributed by atoms with Crippen LogP contribution in [0.25, 0.3) is 0 Å². The summed E-state index contributed by atoms with van der Waals surface area (Å²) in [7, 11) is 0. The third-order valence-electron chi connectivity index (χ3n) is 8.85. The Bertz CT molecular complexity index is 2080. The van der Waals surface area contributed by atoms with Gasteiger partial charge in [0, 0.05) is 73.5 Å². The molecule has 89 heavy (non-hydrogen) atoms. The summed E-state index contributed by atoms with van der Waals surface area (Å²) in [5, 5.41) is 0. The van der Waals surface area contributed by atoms with Gasteiger partial charge in [0.2, 0.25) is 0 Å². The van der Waals surface area contributed by atoms with E-state index in [0.29, 0.717) is 55.2 Å².